The lowest BCUT2D eigenvalue weighted by Gasteiger charge is -2.05. The normalized spacial score (nSPS) is 9.58. The number of aryl methyl sites for hydroxylation is 1. The Morgan fingerprint density at radius 2 is 2.17 bits per heavy atom. The quantitative estimate of drug-likeness (QED) is 0.612. The Morgan fingerprint density at radius 1 is 1.50 bits per heavy atom. The molecule has 0 aliphatic carbocycles. The molecule has 0 saturated carbocycles. The lowest BCUT2D eigenvalue weighted by molar-refractivity contribution is 0.112. The van der Waals surface area contributed by atoms with Gasteiger partial charge in [0.15, 0.2) is 6.29 Å². The highest BCUT2D eigenvalue weighted by atomic mass is 127. The molecule has 0 aromatic heterocycles. The number of ether oxygens (including phenoxy) is 1. The summed E-state index contributed by atoms with van der Waals surface area (Å²) in [7, 11) is 1.60. The van der Waals surface area contributed by atoms with Crippen LogP contribution in [-0.2, 0) is 0 Å². The van der Waals surface area contributed by atoms with Gasteiger partial charge in [0.2, 0.25) is 0 Å². The molecule has 64 valence electrons. The molecule has 1 aromatic carbocycles. The largest absolute Gasteiger partial charge is 0.496 e. The van der Waals surface area contributed by atoms with Crippen molar-refractivity contribution in [1.82, 2.24) is 0 Å². The summed E-state index contributed by atoms with van der Waals surface area (Å²) < 4.78 is 6.04. The van der Waals surface area contributed by atoms with Crippen molar-refractivity contribution in [3.8, 4) is 5.75 Å². The van der Waals surface area contributed by atoms with E-state index >= 15 is 0 Å². The zero-order chi connectivity index (χ0) is 9.14. The fraction of sp³-hybridized carbons (Fsp3) is 0.222. The highest BCUT2D eigenvalue weighted by molar-refractivity contribution is 14.1. The van der Waals surface area contributed by atoms with Crippen LogP contribution in [0.25, 0.3) is 0 Å². The topological polar surface area (TPSA) is 26.3 Å². The molecule has 0 saturated heterocycles. The van der Waals surface area contributed by atoms with Crippen LogP contribution < -0.4 is 4.74 Å². The number of methoxy groups -OCH3 is 1. The molecule has 0 unspecified atom stereocenters. The summed E-state index contributed by atoms with van der Waals surface area (Å²) in [6, 6.07) is 3.69. The van der Waals surface area contributed by atoms with E-state index in [2.05, 4.69) is 22.6 Å². The van der Waals surface area contributed by atoms with E-state index < -0.39 is 0 Å². The van der Waals surface area contributed by atoms with Gasteiger partial charge in [-0.25, -0.2) is 0 Å². The predicted octanol–water partition coefficient (Wildman–Crippen LogP) is 2.42. The van der Waals surface area contributed by atoms with Gasteiger partial charge in [-0.05, 0) is 47.2 Å². The smallest absolute Gasteiger partial charge is 0.151 e. The van der Waals surface area contributed by atoms with E-state index in [9.17, 15) is 4.79 Å². The summed E-state index contributed by atoms with van der Waals surface area (Å²) in [4.78, 5) is 10.5. The van der Waals surface area contributed by atoms with Gasteiger partial charge >= 0.3 is 0 Å². The van der Waals surface area contributed by atoms with Gasteiger partial charge in [-0.3, -0.25) is 4.79 Å². The molecule has 0 heterocycles. The van der Waals surface area contributed by atoms with Crippen molar-refractivity contribution in [2.24, 2.45) is 0 Å². The average Bonchev–Trinajstić information content (AvgIpc) is 2.05. The van der Waals surface area contributed by atoms with E-state index in [0.29, 0.717) is 5.56 Å². The van der Waals surface area contributed by atoms with Crippen molar-refractivity contribution in [1.29, 1.82) is 0 Å². The summed E-state index contributed by atoms with van der Waals surface area (Å²) in [6.45, 7) is 1.95. The molecule has 0 atom stereocenters. The summed E-state index contributed by atoms with van der Waals surface area (Å²) >= 11 is 2.13. The Balaban J connectivity index is 3.26. The number of benzene rings is 1. The molecule has 0 bridgehead atoms. The Hall–Kier alpha value is -0.580. The van der Waals surface area contributed by atoms with E-state index in [1.165, 1.54) is 0 Å². The molecule has 0 fully saturated rings. The van der Waals surface area contributed by atoms with Crippen LogP contribution in [0.1, 0.15) is 15.9 Å². The number of halogens is 1. The molecule has 0 radical (unpaired) electrons. The predicted molar refractivity (Wildman–Crippen MR) is 55.8 cm³/mol. The first kappa shape index (κ1) is 9.51. The number of carbonyl (C=O) groups is 1. The highest BCUT2D eigenvalue weighted by Gasteiger charge is 2.04. The minimum Gasteiger partial charge on any atom is -0.496 e. The molecule has 3 heteroatoms. The fourth-order valence-corrected chi connectivity index (χ4v) is 1.73. The maximum Gasteiger partial charge on any atom is 0.151 e. The van der Waals surface area contributed by atoms with Crippen molar-refractivity contribution in [2.45, 2.75) is 6.92 Å². The molecule has 0 spiro atoms. The second-order valence-electron chi connectivity index (χ2n) is 2.46. The molecule has 12 heavy (non-hydrogen) atoms. The van der Waals surface area contributed by atoms with Gasteiger partial charge in [0, 0.05) is 9.13 Å². The number of rotatable bonds is 2. The van der Waals surface area contributed by atoms with Gasteiger partial charge in [-0.15, -0.1) is 0 Å². The summed E-state index contributed by atoms with van der Waals surface area (Å²) in [6.07, 6.45) is 0.837. The number of carbonyl (C=O) groups excluding carboxylic acids is 1. The van der Waals surface area contributed by atoms with Gasteiger partial charge in [0.05, 0.1) is 7.11 Å². The second kappa shape index (κ2) is 3.89. The SMILES string of the molecule is COc1cc(C=O)c(I)cc1C. The van der Waals surface area contributed by atoms with Crippen LogP contribution in [-0.4, -0.2) is 13.4 Å². The molecule has 0 amide bonds. The highest BCUT2D eigenvalue weighted by Crippen LogP contribution is 2.22. The molecule has 0 aliphatic heterocycles. The van der Waals surface area contributed by atoms with E-state index in [4.69, 9.17) is 4.74 Å². The molecule has 2 nitrogen and oxygen atoms in total. The van der Waals surface area contributed by atoms with Crippen molar-refractivity contribution in [3.63, 3.8) is 0 Å². The minimum absolute atomic E-state index is 0.679. The Morgan fingerprint density at radius 3 is 2.67 bits per heavy atom. The van der Waals surface area contributed by atoms with Crippen molar-refractivity contribution < 1.29 is 9.53 Å². The zero-order valence-electron chi connectivity index (χ0n) is 6.93. The number of hydrogen-bond donors (Lipinski definition) is 0. The van der Waals surface area contributed by atoms with Crippen LogP contribution in [0.2, 0.25) is 0 Å². The second-order valence-corrected chi connectivity index (χ2v) is 3.62. The number of aldehydes is 1. The number of hydrogen-bond acceptors (Lipinski definition) is 2. The lowest BCUT2D eigenvalue weighted by Crippen LogP contribution is -1.92. The molecular weight excluding hydrogens is 267 g/mol. The molecule has 0 aliphatic rings. The molecular formula is C9H9IO2. The monoisotopic (exact) mass is 276 g/mol. The van der Waals surface area contributed by atoms with Gasteiger partial charge in [-0.2, -0.15) is 0 Å². The van der Waals surface area contributed by atoms with E-state index in [-0.39, 0.29) is 0 Å². The first-order valence-electron chi connectivity index (χ1n) is 3.48. The molecule has 1 aromatic rings. The van der Waals surface area contributed by atoms with Gasteiger partial charge in [0.1, 0.15) is 5.75 Å². The van der Waals surface area contributed by atoms with Crippen molar-refractivity contribution >= 4 is 28.9 Å². The zero-order valence-corrected chi connectivity index (χ0v) is 9.08. The van der Waals surface area contributed by atoms with Crippen LogP contribution in [0.3, 0.4) is 0 Å². The van der Waals surface area contributed by atoms with Crippen LogP contribution >= 0.6 is 22.6 Å². The fourth-order valence-electron chi connectivity index (χ4n) is 0.979. The third-order valence-electron chi connectivity index (χ3n) is 1.64. The Labute approximate surface area is 85.1 Å². The first-order chi connectivity index (χ1) is 5.69. The third kappa shape index (κ3) is 1.77. The summed E-state index contributed by atoms with van der Waals surface area (Å²) in [5, 5.41) is 0. The maximum atomic E-state index is 10.5. The molecule has 1 rings (SSSR count). The average molecular weight is 276 g/mol. The van der Waals surface area contributed by atoms with Crippen molar-refractivity contribution in [3.05, 3.63) is 26.8 Å². The summed E-state index contributed by atoms with van der Waals surface area (Å²) in [5.74, 6) is 0.762. The Kier molecular flexibility index (Phi) is 3.08. The lowest BCUT2D eigenvalue weighted by atomic mass is 10.1. The standard InChI is InChI=1S/C9H9IO2/c1-6-3-8(10)7(5-11)4-9(6)12-2/h3-5H,1-2H3. The van der Waals surface area contributed by atoms with Gasteiger partial charge in [-0.1, -0.05) is 0 Å². The van der Waals surface area contributed by atoms with Crippen LogP contribution in [0.4, 0.5) is 0 Å². The van der Waals surface area contributed by atoms with E-state index in [0.717, 1.165) is 21.2 Å². The van der Waals surface area contributed by atoms with Gasteiger partial charge < -0.3 is 4.74 Å². The van der Waals surface area contributed by atoms with Crippen LogP contribution in [0, 0.1) is 10.5 Å². The first-order valence-corrected chi connectivity index (χ1v) is 4.56. The third-order valence-corrected chi connectivity index (χ3v) is 2.58. The van der Waals surface area contributed by atoms with Gasteiger partial charge in [0.25, 0.3) is 0 Å². The Bertz CT molecular complexity index is 308. The van der Waals surface area contributed by atoms with Crippen molar-refractivity contribution in [2.75, 3.05) is 7.11 Å². The van der Waals surface area contributed by atoms with E-state index in [1.807, 2.05) is 13.0 Å². The minimum atomic E-state index is 0.679. The van der Waals surface area contributed by atoms with Crippen LogP contribution in [0.15, 0.2) is 12.1 Å². The summed E-state index contributed by atoms with van der Waals surface area (Å²) in [5.41, 5.74) is 1.73. The van der Waals surface area contributed by atoms with E-state index in [1.54, 1.807) is 13.2 Å². The maximum absolute atomic E-state index is 10.5. The molecule has 0 N–H and O–H groups in total. The van der Waals surface area contributed by atoms with Crippen LogP contribution in [0.5, 0.6) is 5.75 Å².